The van der Waals surface area contributed by atoms with E-state index in [-0.39, 0.29) is 17.4 Å². The minimum absolute atomic E-state index is 0.0513. The molecule has 19 heavy (non-hydrogen) atoms. The van der Waals surface area contributed by atoms with Crippen molar-refractivity contribution < 1.29 is 13.2 Å². The van der Waals surface area contributed by atoms with Gasteiger partial charge in [0.1, 0.15) is 0 Å². The first kappa shape index (κ1) is 14.8. The zero-order valence-electron chi connectivity index (χ0n) is 12.0. The molecule has 6 heteroatoms. The Hall–Kier alpha value is -0.620. The second kappa shape index (κ2) is 5.05. The predicted molar refractivity (Wildman–Crippen MR) is 74.1 cm³/mol. The third kappa shape index (κ3) is 3.28. The van der Waals surface area contributed by atoms with Crippen molar-refractivity contribution in [2.75, 3.05) is 19.3 Å². The van der Waals surface area contributed by atoms with Crippen molar-refractivity contribution in [2.24, 2.45) is 11.3 Å². The molecule has 1 amide bonds. The summed E-state index contributed by atoms with van der Waals surface area (Å²) in [6, 6.07) is -0.0750. The van der Waals surface area contributed by atoms with Crippen LogP contribution in [0.1, 0.15) is 39.5 Å². The zero-order valence-corrected chi connectivity index (χ0v) is 12.8. The van der Waals surface area contributed by atoms with E-state index in [0.717, 1.165) is 25.7 Å². The number of amides is 1. The maximum absolute atomic E-state index is 12.2. The van der Waals surface area contributed by atoms with Gasteiger partial charge in [0.2, 0.25) is 15.9 Å². The average Bonchev–Trinajstić information content (AvgIpc) is 3.04. The van der Waals surface area contributed by atoms with Gasteiger partial charge in [0, 0.05) is 24.5 Å². The van der Waals surface area contributed by atoms with Crippen molar-refractivity contribution in [1.82, 2.24) is 9.62 Å². The van der Waals surface area contributed by atoms with Gasteiger partial charge >= 0.3 is 0 Å². The van der Waals surface area contributed by atoms with Crippen molar-refractivity contribution in [3.8, 4) is 0 Å². The van der Waals surface area contributed by atoms with Crippen molar-refractivity contribution in [3.05, 3.63) is 0 Å². The molecule has 0 bridgehead atoms. The Balaban J connectivity index is 1.90. The average molecular weight is 288 g/mol. The largest absolute Gasteiger partial charge is 0.354 e. The van der Waals surface area contributed by atoms with Crippen LogP contribution in [0.4, 0.5) is 0 Å². The highest BCUT2D eigenvalue weighted by atomic mass is 32.2. The molecule has 110 valence electrons. The molecule has 1 heterocycles. The van der Waals surface area contributed by atoms with Gasteiger partial charge in [0.15, 0.2) is 0 Å². The Bertz CT molecular complexity index is 455. The summed E-state index contributed by atoms with van der Waals surface area (Å²) in [4.78, 5) is 12.2. The minimum atomic E-state index is -3.16. The molecule has 1 atom stereocenters. The van der Waals surface area contributed by atoms with Gasteiger partial charge in [0.05, 0.1) is 6.26 Å². The lowest BCUT2D eigenvalue weighted by atomic mass is 9.86. The highest BCUT2D eigenvalue weighted by molar-refractivity contribution is 7.88. The highest BCUT2D eigenvalue weighted by Gasteiger charge is 2.43. The quantitative estimate of drug-likeness (QED) is 0.819. The van der Waals surface area contributed by atoms with E-state index in [1.54, 1.807) is 0 Å². The molecule has 5 nitrogen and oxygen atoms in total. The third-order valence-electron chi connectivity index (χ3n) is 4.43. The van der Waals surface area contributed by atoms with Gasteiger partial charge < -0.3 is 5.32 Å². The van der Waals surface area contributed by atoms with Gasteiger partial charge in [-0.25, -0.2) is 8.42 Å². The summed E-state index contributed by atoms with van der Waals surface area (Å²) < 4.78 is 24.7. The lowest BCUT2D eigenvalue weighted by Gasteiger charge is -2.27. The molecule has 0 radical (unpaired) electrons. The first-order valence-electron chi connectivity index (χ1n) is 6.98. The van der Waals surface area contributed by atoms with E-state index in [1.165, 1.54) is 10.6 Å². The predicted octanol–water partition coefficient (Wildman–Crippen LogP) is 0.963. The monoisotopic (exact) mass is 288 g/mol. The Morgan fingerprint density at radius 2 is 1.95 bits per heavy atom. The van der Waals surface area contributed by atoms with E-state index in [4.69, 9.17) is 0 Å². The number of sulfonamides is 1. The number of hydrogen-bond donors (Lipinski definition) is 1. The van der Waals surface area contributed by atoms with Crippen LogP contribution in [0.5, 0.6) is 0 Å². The zero-order chi connectivity index (χ0) is 14.3. The Kier molecular flexibility index (Phi) is 3.93. The minimum Gasteiger partial charge on any atom is -0.354 e. The van der Waals surface area contributed by atoms with Crippen LogP contribution >= 0.6 is 0 Å². The molecule has 2 fully saturated rings. The molecule has 2 rings (SSSR count). The number of nitrogens with zero attached hydrogens (tertiary/aromatic N) is 1. The maximum atomic E-state index is 12.2. The van der Waals surface area contributed by atoms with E-state index in [2.05, 4.69) is 5.32 Å². The molecule has 1 N–H and O–H groups in total. The van der Waals surface area contributed by atoms with Crippen molar-refractivity contribution >= 4 is 15.9 Å². The molecular weight excluding hydrogens is 264 g/mol. The van der Waals surface area contributed by atoms with Crippen LogP contribution in [-0.2, 0) is 14.8 Å². The van der Waals surface area contributed by atoms with Crippen molar-refractivity contribution in [3.63, 3.8) is 0 Å². The van der Waals surface area contributed by atoms with E-state index in [0.29, 0.717) is 19.0 Å². The van der Waals surface area contributed by atoms with Gasteiger partial charge in [-0.15, -0.1) is 0 Å². The fraction of sp³-hybridized carbons (Fsp3) is 0.923. The van der Waals surface area contributed by atoms with Crippen LogP contribution in [0.2, 0.25) is 0 Å². The Morgan fingerprint density at radius 1 is 1.32 bits per heavy atom. The standard InChI is InChI=1S/C13H24N2O3S/c1-13(2,10-6-7-10)12(16)14-9-11-5-4-8-15(11)19(3,17)18/h10-11H,4-9H2,1-3H3,(H,14,16)/t11-/m1/s1. The smallest absolute Gasteiger partial charge is 0.225 e. The lowest BCUT2D eigenvalue weighted by molar-refractivity contribution is -0.130. The summed E-state index contributed by atoms with van der Waals surface area (Å²) in [6.45, 7) is 4.96. The highest BCUT2D eigenvalue weighted by Crippen LogP contribution is 2.45. The van der Waals surface area contributed by atoms with Gasteiger partial charge in [0.25, 0.3) is 0 Å². The number of carbonyl (C=O) groups is 1. The van der Waals surface area contributed by atoms with E-state index < -0.39 is 10.0 Å². The number of nitrogens with one attached hydrogen (secondary N) is 1. The first-order chi connectivity index (χ1) is 8.73. The SMILES string of the molecule is CC(C)(C(=O)NC[C@H]1CCCN1S(C)(=O)=O)C1CC1. The van der Waals surface area contributed by atoms with Crippen LogP contribution < -0.4 is 5.32 Å². The summed E-state index contributed by atoms with van der Waals surface area (Å²) in [5, 5.41) is 2.94. The van der Waals surface area contributed by atoms with Crippen LogP contribution in [0, 0.1) is 11.3 Å². The van der Waals surface area contributed by atoms with Crippen molar-refractivity contribution in [2.45, 2.75) is 45.6 Å². The maximum Gasteiger partial charge on any atom is 0.225 e. The summed E-state index contributed by atoms with van der Waals surface area (Å²) in [6.07, 6.45) is 5.19. The number of hydrogen-bond acceptors (Lipinski definition) is 3. The molecule has 0 aromatic heterocycles. The first-order valence-corrected chi connectivity index (χ1v) is 8.83. The van der Waals surface area contributed by atoms with Crippen LogP contribution in [-0.4, -0.2) is 44.0 Å². The van der Waals surface area contributed by atoms with Crippen LogP contribution in [0.3, 0.4) is 0 Å². The van der Waals surface area contributed by atoms with Crippen molar-refractivity contribution in [1.29, 1.82) is 0 Å². The van der Waals surface area contributed by atoms with E-state index >= 15 is 0 Å². The summed E-state index contributed by atoms with van der Waals surface area (Å²) in [5.41, 5.74) is -0.325. The molecule has 1 saturated heterocycles. The van der Waals surface area contributed by atoms with Gasteiger partial charge in [-0.3, -0.25) is 4.79 Å². The third-order valence-corrected chi connectivity index (χ3v) is 5.76. The molecule has 1 saturated carbocycles. The fourth-order valence-corrected chi connectivity index (χ4v) is 4.06. The summed E-state index contributed by atoms with van der Waals surface area (Å²) in [5.74, 6) is 0.539. The molecular formula is C13H24N2O3S. The van der Waals surface area contributed by atoms with E-state index in [9.17, 15) is 13.2 Å². The molecule has 2 aliphatic rings. The summed E-state index contributed by atoms with van der Waals surface area (Å²) in [7, 11) is -3.16. The van der Waals surface area contributed by atoms with Gasteiger partial charge in [-0.2, -0.15) is 4.31 Å². The fourth-order valence-electron chi connectivity index (χ4n) is 2.88. The Labute approximate surface area is 115 Å². The molecule has 0 aromatic carbocycles. The molecule has 1 aliphatic carbocycles. The molecule has 0 spiro atoms. The van der Waals surface area contributed by atoms with Gasteiger partial charge in [-0.1, -0.05) is 13.8 Å². The topological polar surface area (TPSA) is 66.5 Å². The Morgan fingerprint density at radius 3 is 2.47 bits per heavy atom. The number of carbonyl (C=O) groups excluding carboxylic acids is 1. The normalized spacial score (nSPS) is 25.5. The van der Waals surface area contributed by atoms with Crippen LogP contribution in [0.15, 0.2) is 0 Å². The second-order valence-corrected chi connectivity index (χ2v) is 8.31. The summed E-state index contributed by atoms with van der Waals surface area (Å²) >= 11 is 0. The lowest BCUT2D eigenvalue weighted by Crippen LogP contribution is -2.46. The van der Waals surface area contributed by atoms with E-state index in [1.807, 2.05) is 13.8 Å². The second-order valence-electron chi connectivity index (χ2n) is 6.38. The molecule has 1 aliphatic heterocycles. The number of rotatable bonds is 5. The molecule has 0 aromatic rings. The van der Waals surface area contributed by atoms with Crippen LogP contribution in [0.25, 0.3) is 0 Å². The molecule has 0 unspecified atom stereocenters. The van der Waals surface area contributed by atoms with Gasteiger partial charge in [-0.05, 0) is 31.6 Å².